The van der Waals surface area contributed by atoms with Gasteiger partial charge in [0.2, 0.25) is 5.91 Å². The lowest BCUT2D eigenvalue weighted by atomic mass is 9.91. The summed E-state index contributed by atoms with van der Waals surface area (Å²) in [5, 5.41) is 2.82. The second kappa shape index (κ2) is 9.36. The van der Waals surface area contributed by atoms with E-state index in [4.69, 9.17) is 4.74 Å². The van der Waals surface area contributed by atoms with Crippen LogP contribution >= 0.6 is 0 Å². The lowest BCUT2D eigenvalue weighted by Gasteiger charge is -2.37. The second-order valence-corrected chi connectivity index (χ2v) is 7.72. The molecule has 0 aliphatic carbocycles. The Hall–Kier alpha value is -3.81. The summed E-state index contributed by atoms with van der Waals surface area (Å²) in [6.45, 7) is 4.38. The molecule has 1 aliphatic rings. The van der Waals surface area contributed by atoms with Gasteiger partial charge in [-0.05, 0) is 66.9 Å². The molecule has 0 fully saturated rings. The number of carbonyl (C=O) groups is 1. The molecule has 1 amide bonds. The molecule has 1 atom stereocenters. The first-order valence-electron chi connectivity index (χ1n) is 10.4. The number of benzene rings is 2. The van der Waals surface area contributed by atoms with Gasteiger partial charge >= 0.3 is 6.18 Å². The Morgan fingerprint density at radius 2 is 1.97 bits per heavy atom. The Morgan fingerprint density at radius 3 is 2.64 bits per heavy atom. The number of amides is 1. The molecule has 1 aromatic heterocycles. The topological polar surface area (TPSA) is 54.5 Å². The molecular formula is C25H22F3N3O2. The van der Waals surface area contributed by atoms with Crippen molar-refractivity contribution in [3.8, 4) is 11.5 Å². The number of alkyl halides is 3. The Morgan fingerprint density at radius 1 is 1.18 bits per heavy atom. The number of fused-ring (bicyclic) bond motifs is 1. The van der Waals surface area contributed by atoms with Crippen molar-refractivity contribution < 1.29 is 22.7 Å². The van der Waals surface area contributed by atoms with E-state index >= 15 is 0 Å². The van der Waals surface area contributed by atoms with Crippen molar-refractivity contribution in [3.05, 3.63) is 90.8 Å². The van der Waals surface area contributed by atoms with Crippen LogP contribution in [0.25, 0.3) is 0 Å². The second-order valence-electron chi connectivity index (χ2n) is 7.72. The van der Waals surface area contributed by atoms with E-state index in [0.29, 0.717) is 36.7 Å². The molecule has 0 radical (unpaired) electrons. The van der Waals surface area contributed by atoms with Crippen LogP contribution in [0.1, 0.15) is 11.1 Å². The number of ether oxygens (including phenoxy) is 1. The molecule has 0 saturated heterocycles. The molecular weight excluding hydrogens is 431 g/mol. The van der Waals surface area contributed by atoms with Gasteiger partial charge in [-0.2, -0.15) is 13.2 Å². The molecule has 1 N–H and O–H groups in total. The fourth-order valence-electron chi connectivity index (χ4n) is 3.88. The number of hydrogen-bond donors (Lipinski definition) is 1. The van der Waals surface area contributed by atoms with Crippen molar-refractivity contribution in [2.45, 2.75) is 12.6 Å². The molecule has 0 saturated carbocycles. The molecule has 2 aromatic carbocycles. The van der Waals surface area contributed by atoms with Gasteiger partial charge < -0.3 is 15.0 Å². The number of hydrogen-bond acceptors (Lipinski definition) is 4. The highest BCUT2D eigenvalue weighted by atomic mass is 19.4. The van der Waals surface area contributed by atoms with Gasteiger partial charge in [-0.3, -0.25) is 9.78 Å². The van der Waals surface area contributed by atoms with Crippen LogP contribution in [0.3, 0.4) is 0 Å². The zero-order valence-electron chi connectivity index (χ0n) is 17.7. The van der Waals surface area contributed by atoms with Crippen LogP contribution in [-0.2, 0) is 17.4 Å². The molecule has 0 bridgehead atoms. The third kappa shape index (κ3) is 5.16. The van der Waals surface area contributed by atoms with Crippen LogP contribution in [0.5, 0.6) is 11.5 Å². The van der Waals surface area contributed by atoms with Crippen molar-refractivity contribution in [1.82, 2.24) is 10.3 Å². The standard InChI is InChI=1S/C25H22F3N3O2/c1-2-24(32)30-14-17-13-21-22(6-3-7-23(21)33-20-5-4-12-29-15-20)31(16-17)19-10-8-18(9-11-19)25(26,27)28/h2-12,15,17H,1,13-14,16H2,(H,30,32). The predicted molar refractivity (Wildman–Crippen MR) is 120 cm³/mol. The zero-order chi connectivity index (χ0) is 23.4. The molecule has 0 spiro atoms. The van der Waals surface area contributed by atoms with Gasteiger partial charge in [0.15, 0.2) is 0 Å². The highest BCUT2D eigenvalue weighted by molar-refractivity contribution is 5.86. The molecule has 3 aromatic rings. The number of aromatic nitrogens is 1. The SMILES string of the molecule is C=CC(=O)NCC1Cc2c(Oc3cccnc3)cccc2N(c2ccc(C(F)(F)F)cc2)C1. The first kappa shape index (κ1) is 22.4. The Bertz CT molecular complexity index is 1130. The normalized spacial score (nSPS) is 15.5. The van der Waals surface area contributed by atoms with Crippen molar-refractivity contribution in [2.24, 2.45) is 5.92 Å². The minimum atomic E-state index is -4.40. The van der Waals surface area contributed by atoms with Crippen molar-refractivity contribution in [2.75, 3.05) is 18.0 Å². The van der Waals surface area contributed by atoms with Crippen molar-refractivity contribution >= 4 is 17.3 Å². The van der Waals surface area contributed by atoms with E-state index in [0.717, 1.165) is 23.4 Å². The maximum atomic E-state index is 13.0. The van der Waals surface area contributed by atoms with Gasteiger partial charge in [0.05, 0.1) is 11.8 Å². The highest BCUT2D eigenvalue weighted by Crippen LogP contribution is 2.42. The number of halogens is 3. The minimum absolute atomic E-state index is 0.00217. The quantitative estimate of drug-likeness (QED) is 0.501. The lowest BCUT2D eigenvalue weighted by Crippen LogP contribution is -2.39. The van der Waals surface area contributed by atoms with Gasteiger partial charge in [-0.1, -0.05) is 12.6 Å². The van der Waals surface area contributed by atoms with Crippen molar-refractivity contribution in [1.29, 1.82) is 0 Å². The van der Waals surface area contributed by atoms with E-state index in [1.54, 1.807) is 24.5 Å². The molecule has 8 heteroatoms. The summed E-state index contributed by atoms with van der Waals surface area (Å²) < 4.78 is 45.2. The average Bonchev–Trinajstić information content (AvgIpc) is 2.82. The lowest BCUT2D eigenvalue weighted by molar-refractivity contribution is -0.137. The molecule has 5 nitrogen and oxygen atoms in total. The van der Waals surface area contributed by atoms with Crippen molar-refractivity contribution in [3.63, 3.8) is 0 Å². The molecule has 33 heavy (non-hydrogen) atoms. The number of rotatable bonds is 6. The van der Waals surface area contributed by atoms with Crippen LogP contribution in [0.15, 0.2) is 79.6 Å². The number of nitrogens with zero attached hydrogens (tertiary/aromatic N) is 2. The molecule has 170 valence electrons. The number of carbonyl (C=O) groups excluding carboxylic acids is 1. The predicted octanol–water partition coefficient (Wildman–Crippen LogP) is 5.51. The Kier molecular flexibility index (Phi) is 6.35. The largest absolute Gasteiger partial charge is 0.455 e. The third-order valence-electron chi connectivity index (χ3n) is 5.45. The van der Waals surface area contributed by atoms with Gasteiger partial charge in [0.25, 0.3) is 0 Å². The van der Waals surface area contributed by atoms with E-state index in [1.807, 2.05) is 23.1 Å². The summed E-state index contributed by atoms with van der Waals surface area (Å²) in [6, 6.07) is 14.3. The number of anilines is 2. The number of nitrogens with one attached hydrogen (secondary N) is 1. The first-order chi connectivity index (χ1) is 15.8. The maximum absolute atomic E-state index is 13.0. The summed E-state index contributed by atoms with van der Waals surface area (Å²) >= 11 is 0. The van der Waals surface area contributed by atoms with E-state index in [2.05, 4.69) is 16.9 Å². The molecule has 1 aliphatic heterocycles. The van der Waals surface area contributed by atoms with Gasteiger partial charge in [-0.15, -0.1) is 0 Å². The summed E-state index contributed by atoms with van der Waals surface area (Å²) in [7, 11) is 0. The Balaban J connectivity index is 1.70. The van der Waals surface area contributed by atoms with Crippen LogP contribution in [-0.4, -0.2) is 24.0 Å². The fourth-order valence-corrected chi connectivity index (χ4v) is 3.88. The van der Waals surface area contributed by atoms with Crippen LogP contribution in [0, 0.1) is 5.92 Å². The summed E-state index contributed by atoms with van der Waals surface area (Å²) in [4.78, 5) is 17.7. The van der Waals surface area contributed by atoms with Crippen LogP contribution in [0.2, 0.25) is 0 Å². The highest BCUT2D eigenvalue weighted by Gasteiger charge is 2.32. The summed E-state index contributed by atoms with van der Waals surface area (Å²) in [6.07, 6.45) is 0.692. The van der Waals surface area contributed by atoms with E-state index < -0.39 is 11.7 Å². The van der Waals surface area contributed by atoms with Gasteiger partial charge in [-0.25, -0.2) is 0 Å². The van der Waals surface area contributed by atoms with Gasteiger partial charge in [0, 0.05) is 36.2 Å². The monoisotopic (exact) mass is 453 g/mol. The summed E-state index contributed by atoms with van der Waals surface area (Å²) in [5.41, 5.74) is 1.68. The smallest absolute Gasteiger partial charge is 0.416 e. The maximum Gasteiger partial charge on any atom is 0.416 e. The van der Waals surface area contributed by atoms with Crippen LogP contribution < -0.4 is 15.0 Å². The molecule has 1 unspecified atom stereocenters. The summed E-state index contributed by atoms with van der Waals surface area (Å²) in [5.74, 6) is 0.940. The minimum Gasteiger partial charge on any atom is -0.455 e. The molecule has 2 heterocycles. The molecule has 4 rings (SSSR count). The zero-order valence-corrected chi connectivity index (χ0v) is 17.7. The van der Waals surface area contributed by atoms with E-state index in [1.165, 1.54) is 18.2 Å². The van der Waals surface area contributed by atoms with E-state index in [9.17, 15) is 18.0 Å². The number of pyridine rings is 1. The average molecular weight is 453 g/mol. The fraction of sp³-hybridized carbons (Fsp3) is 0.200. The first-order valence-corrected chi connectivity index (χ1v) is 10.4. The van der Waals surface area contributed by atoms with E-state index in [-0.39, 0.29) is 11.8 Å². The Labute approximate surface area is 189 Å². The third-order valence-corrected chi connectivity index (χ3v) is 5.45. The van der Waals surface area contributed by atoms with Gasteiger partial charge in [0.1, 0.15) is 11.5 Å². The van der Waals surface area contributed by atoms with Crippen LogP contribution in [0.4, 0.5) is 24.5 Å².